The Hall–Kier alpha value is -1.53. The fraction of sp³-hybridized carbons (Fsp3) is 0.308. The number of hydrogen-bond acceptors (Lipinski definition) is 4. The maximum Gasteiger partial charge on any atom is 0.126 e. The molecule has 0 radical (unpaired) electrons. The Morgan fingerprint density at radius 1 is 1.32 bits per heavy atom. The van der Waals surface area contributed by atoms with E-state index in [0.29, 0.717) is 5.56 Å². The lowest BCUT2D eigenvalue weighted by atomic mass is 10.0. The molecule has 2 atom stereocenters. The van der Waals surface area contributed by atoms with Crippen LogP contribution in [0.4, 0.5) is 13.8 Å². The Balaban J connectivity index is 1.97. The smallest absolute Gasteiger partial charge is 0.126 e. The van der Waals surface area contributed by atoms with E-state index in [9.17, 15) is 13.9 Å². The van der Waals surface area contributed by atoms with Crippen LogP contribution in [-0.4, -0.2) is 22.2 Å². The molecule has 0 aliphatic carbocycles. The second-order valence-electron chi connectivity index (χ2n) is 4.35. The van der Waals surface area contributed by atoms with Crippen molar-refractivity contribution in [1.29, 1.82) is 0 Å². The highest BCUT2D eigenvalue weighted by Gasteiger charge is 2.16. The van der Waals surface area contributed by atoms with Gasteiger partial charge >= 0.3 is 0 Å². The number of rotatable bonds is 5. The molecular weight excluding hydrogens is 270 g/mol. The molecule has 0 aliphatic rings. The molecule has 2 unspecified atom stereocenters. The molecule has 0 bridgehead atoms. The van der Waals surface area contributed by atoms with Crippen molar-refractivity contribution in [3.63, 3.8) is 0 Å². The molecule has 0 spiro atoms. The van der Waals surface area contributed by atoms with E-state index < -0.39 is 17.7 Å². The van der Waals surface area contributed by atoms with Crippen molar-refractivity contribution in [1.82, 2.24) is 4.98 Å². The van der Waals surface area contributed by atoms with E-state index in [0.717, 1.165) is 11.1 Å². The Morgan fingerprint density at radius 3 is 2.58 bits per heavy atom. The Labute approximate surface area is 113 Å². The minimum atomic E-state index is -0.747. The summed E-state index contributed by atoms with van der Waals surface area (Å²) >= 11 is 1.43. The lowest BCUT2D eigenvalue weighted by molar-refractivity contribution is 0.158. The molecule has 0 amide bonds. The van der Waals surface area contributed by atoms with Gasteiger partial charge in [-0.15, -0.1) is 11.3 Å². The fourth-order valence-electron chi connectivity index (χ4n) is 1.75. The van der Waals surface area contributed by atoms with E-state index in [-0.39, 0.29) is 12.5 Å². The van der Waals surface area contributed by atoms with Gasteiger partial charge in [0.05, 0.1) is 23.9 Å². The standard InChI is InChI=1S/C13H14F2N2OS/c1-8(17-13-6-16-7-19-13)12(18)4-9-2-10(14)5-11(15)3-9/h2-3,5-8,12,17-18H,4H2,1H3. The van der Waals surface area contributed by atoms with Gasteiger partial charge < -0.3 is 10.4 Å². The quantitative estimate of drug-likeness (QED) is 0.887. The SMILES string of the molecule is CC(Nc1cncs1)C(O)Cc1cc(F)cc(F)c1. The maximum absolute atomic E-state index is 13.0. The van der Waals surface area contributed by atoms with Crippen LogP contribution in [0.2, 0.25) is 0 Å². The van der Waals surface area contributed by atoms with Crippen LogP contribution in [0.1, 0.15) is 12.5 Å². The Morgan fingerprint density at radius 2 is 2.00 bits per heavy atom. The first-order valence-corrected chi connectivity index (χ1v) is 6.70. The van der Waals surface area contributed by atoms with Crippen molar-refractivity contribution >= 4 is 16.3 Å². The van der Waals surface area contributed by atoms with Crippen LogP contribution in [0.15, 0.2) is 29.9 Å². The number of benzene rings is 1. The summed E-state index contributed by atoms with van der Waals surface area (Å²) in [6, 6.07) is 3.03. The van der Waals surface area contributed by atoms with Crippen LogP contribution in [-0.2, 0) is 6.42 Å². The summed E-state index contributed by atoms with van der Waals surface area (Å²) in [5.74, 6) is -1.27. The number of anilines is 1. The second kappa shape index (κ2) is 6.08. The first kappa shape index (κ1) is 13.9. The van der Waals surface area contributed by atoms with Crippen molar-refractivity contribution in [2.45, 2.75) is 25.5 Å². The molecule has 2 aromatic rings. The van der Waals surface area contributed by atoms with E-state index in [2.05, 4.69) is 10.3 Å². The largest absolute Gasteiger partial charge is 0.391 e. The third kappa shape index (κ3) is 3.97. The number of aliphatic hydroxyl groups excluding tert-OH is 1. The minimum absolute atomic E-state index is 0.182. The summed E-state index contributed by atoms with van der Waals surface area (Å²) in [7, 11) is 0. The van der Waals surface area contributed by atoms with Gasteiger partial charge in [-0.3, -0.25) is 4.98 Å². The number of nitrogens with zero attached hydrogens (tertiary/aromatic N) is 1. The molecule has 0 saturated carbocycles. The zero-order chi connectivity index (χ0) is 13.8. The highest BCUT2D eigenvalue weighted by molar-refractivity contribution is 7.13. The third-order valence-corrected chi connectivity index (χ3v) is 3.45. The molecule has 6 heteroatoms. The summed E-state index contributed by atoms with van der Waals surface area (Å²) < 4.78 is 26.1. The molecule has 19 heavy (non-hydrogen) atoms. The number of thiazole rings is 1. The molecule has 2 N–H and O–H groups in total. The van der Waals surface area contributed by atoms with Crippen LogP contribution in [0, 0.1) is 11.6 Å². The highest BCUT2D eigenvalue weighted by atomic mass is 32.1. The van der Waals surface area contributed by atoms with Crippen LogP contribution in [0.5, 0.6) is 0 Å². The lowest BCUT2D eigenvalue weighted by Gasteiger charge is -2.20. The molecule has 1 aromatic carbocycles. The zero-order valence-corrected chi connectivity index (χ0v) is 11.1. The van der Waals surface area contributed by atoms with E-state index in [1.165, 1.54) is 23.5 Å². The summed E-state index contributed by atoms with van der Waals surface area (Å²) in [6.07, 6.45) is 1.10. The normalized spacial score (nSPS) is 14.1. The predicted molar refractivity (Wildman–Crippen MR) is 71.3 cm³/mol. The fourth-order valence-corrected chi connectivity index (χ4v) is 2.37. The van der Waals surface area contributed by atoms with Crippen LogP contribution in [0.3, 0.4) is 0 Å². The van der Waals surface area contributed by atoms with E-state index >= 15 is 0 Å². The topological polar surface area (TPSA) is 45.2 Å². The van der Waals surface area contributed by atoms with Crippen molar-refractivity contribution in [2.24, 2.45) is 0 Å². The first-order valence-electron chi connectivity index (χ1n) is 5.82. The van der Waals surface area contributed by atoms with Crippen molar-refractivity contribution in [3.8, 4) is 0 Å². The number of aliphatic hydroxyl groups is 1. The number of halogens is 2. The van der Waals surface area contributed by atoms with Crippen molar-refractivity contribution in [3.05, 3.63) is 47.1 Å². The van der Waals surface area contributed by atoms with Gasteiger partial charge in [0.25, 0.3) is 0 Å². The van der Waals surface area contributed by atoms with Gasteiger partial charge in [0.1, 0.15) is 16.6 Å². The second-order valence-corrected chi connectivity index (χ2v) is 5.23. The number of nitrogens with one attached hydrogen (secondary N) is 1. The zero-order valence-electron chi connectivity index (χ0n) is 10.3. The predicted octanol–water partition coefficient (Wildman–Crippen LogP) is 2.83. The summed E-state index contributed by atoms with van der Waals surface area (Å²) in [6.45, 7) is 1.81. The molecule has 0 aliphatic heterocycles. The van der Waals surface area contributed by atoms with Crippen LogP contribution < -0.4 is 5.32 Å². The monoisotopic (exact) mass is 284 g/mol. The molecule has 1 heterocycles. The van der Waals surface area contributed by atoms with Crippen LogP contribution in [0.25, 0.3) is 0 Å². The van der Waals surface area contributed by atoms with Gasteiger partial charge in [-0.2, -0.15) is 0 Å². The molecule has 0 saturated heterocycles. The van der Waals surface area contributed by atoms with Gasteiger partial charge in [0.2, 0.25) is 0 Å². The molecular formula is C13H14F2N2OS. The third-order valence-electron chi connectivity index (χ3n) is 2.75. The minimum Gasteiger partial charge on any atom is -0.391 e. The lowest BCUT2D eigenvalue weighted by Crippen LogP contribution is -2.32. The maximum atomic E-state index is 13.0. The van der Waals surface area contributed by atoms with Gasteiger partial charge in [-0.1, -0.05) is 0 Å². The molecule has 102 valence electrons. The molecule has 0 fully saturated rings. The van der Waals surface area contributed by atoms with E-state index in [1.807, 2.05) is 0 Å². The van der Waals surface area contributed by atoms with Crippen molar-refractivity contribution in [2.75, 3.05) is 5.32 Å². The summed E-state index contributed by atoms with van der Waals surface area (Å²) in [5, 5.41) is 14.0. The van der Waals surface area contributed by atoms with Gasteiger partial charge in [0, 0.05) is 12.5 Å². The number of hydrogen-bond donors (Lipinski definition) is 2. The van der Waals surface area contributed by atoms with E-state index in [4.69, 9.17) is 0 Å². The first-order chi connectivity index (χ1) is 9.04. The van der Waals surface area contributed by atoms with Gasteiger partial charge in [-0.05, 0) is 24.6 Å². The number of aromatic nitrogens is 1. The highest BCUT2D eigenvalue weighted by Crippen LogP contribution is 2.17. The molecule has 2 rings (SSSR count). The molecule has 1 aromatic heterocycles. The summed E-state index contributed by atoms with van der Waals surface area (Å²) in [4.78, 5) is 3.92. The summed E-state index contributed by atoms with van der Waals surface area (Å²) in [5.41, 5.74) is 2.12. The van der Waals surface area contributed by atoms with Crippen molar-refractivity contribution < 1.29 is 13.9 Å². The van der Waals surface area contributed by atoms with Gasteiger partial charge in [0.15, 0.2) is 0 Å². The Kier molecular flexibility index (Phi) is 4.44. The van der Waals surface area contributed by atoms with Gasteiger partial charge in [-0.25, -0.2) is 8.78 Å². The average molecular weight is 284 g/mol. The average Bonchev–Trinajstić information content (AvgIpc) is 2.80. The Bertz CT molecular complexity index is 513. The van der Waals surface area contributed by atoms with Crippen LogP contribution >= 0.6 is 11.3 Å². The van der Waals surface area contributed by atoms with E-state index in [1.54, 1.807) is 18.6 Å². The molecule has 3 nitrogen and oxygen atoms in total.